The maximum atomic E-state index is 12.7. The third-order valence-electron chi connectivity index (χ3n) is 2.99. The molecule has 1 unspecified atom stereocenters. The molecule has 8 heteroatoms. The Kier molecular flexibility index (Phi) is 5.02. The molecule has 22 heavy (non-hydrogen) atoms. The van der Waals surface area contributed by atoms with Gasteiger partial charge in [0.1, 0.15) is 16.7 Å². The Morgan fingerprint density at radius 2 is 2.18 bits per heavy atom. The predicted molar refractivity (Wildman–Crippen MR) is 77.0 cm³/mol. The van der Waals surface area contributed by atoms with Gasteiger partial charge in [-0.2, -0.15) is 13.2 Å². The number of hydrogen-bond acceptors (Lipinski definition) is 4. The molecule has 2 aromatic rings. The van der Waals surface area contributed by atoms with E-state index in [1.807, 2.05) is 13.8 Å². The van der Waals surface area contributed by atoms with E-state index in [4.69, 9.17) is 4.74 Å². The van der Waals surface area contributed by atoms with Crippen LogP contribution in [0.25, 0.3) is 0 Å². The molecule has 0 aromatic carbocycles. The van der Waals surface area contributed by atoms with Crippen LogP contribution in [0.4, 0.5) is 13.2 Å². The maximum Gasteiger partial charge on any atom is 0.421 e. The Hall–Kier alpha value is -1.67. The maximum absolute atomic E-state index is 12.7. The van der Waals surface area contributed by atoms with Crippen molar-refractivity contribution in [3.05, 3.63) is 50.3 Å². The molecule has 2 heterocycles. The van der Waals surface area contributed by atoms with E-state index in [9.17, 15) is 18.0 Å². The lowest BCUT2D eigenvalue weighted by Gasteiger charge is -2.09. The third-order valence-corrected chi connectivity index (χ3v) is 4.05. The summed E-state index contributed by atoms with van der Waals surface area (Å²) in [5, 5.41) is 2.45. The first-order chi connectivity index (χ1) is 10.3. The van der Waals surface area contributed by atoms with Crippen molar-refractivity contribution in [2.24, 2.45) is 0 Å². The number of nitrogens with zero attached hydrogens (tertiary/aromatic N) is 2. The summed E-state index contributed by atoms with van der Waals surface area (Å²) in [5.41, 5.74) is -1.71. The first-order valence-electron chi connectivity index (χ1n) is 6.65. The van der Waals surface area contributed by atoms with Crippen LogP contribution in [0.2, 0.25) is 0 Å². The first kappa shape index (κ1) is 16.7. The van der Waals surface area contributed by atoms with Crippen LogP contribution in [-0.2, 0) is 17.5 Å². The fraction of sp³-hybridized carbons (Fsp3) is 0.429. The molecule has 1 atom stereocenters. The summed E-state index contributed by atoms with van der Waals surface area (Å²) >= 11 is 1.36. The normalized spacial score (nSPS) is 13.3. The lowest BCUT2D eigenvalue weighted by molar-refractivity contribution is -0.138. The SMILES string of the molecule is CCOC(C)c1nc(Cn2cccc(C(F)(F)F)c2=O)cs1. The largest absolute Gasteiger partial charge is 0.421 e. The van der Waals surface area contributed by atoms with Crippen molar-refractivity contribution in [2.45, 2.75) is 32.7 Å². The zero-order valence-corrected chi connectivity index (χ0v) is 12.9. The number of ether oxygens (including phenoxy) is 1. The minimum absolute atomic E-state index is 0.00189. The van der Waals surface area contributed by atoms with Gasteiger partial charge in [-0.15, -0.1) is 11.3 Å². The smallest absolute Gasteiger partial charge is 0.372 e. The summed E-state index contributed by atoms with van der Waals surface area (Å²) in [7, 11) is 0. The van der Waals surface area contributed by atoms with Crippen LogP contribution in [0.15, 0.2) is 28.5 Å². The monoisotopic (exact) mass is 332 g/mol. The number of aromatic nitrogens is 2. The van der Waals surface area contributed by atoms with Crippen LogP contribution in [0, 0.1) is 0 Å². The quantitative estimate of drug-likeness (QED) is 0.842. The Morgan fingerprint density at radius 1 is 1.45 bits per heavy atom. The minimum Gasteiger partial charge on any atom is -0.372 e. The second-order valence-electron chi connectivity index (χ2n) is 4.63. The molecule has 0 aliphatic heterocycles. The Balaban J connectivity index is 2.24. The summed E-state index contributed by atoms with van der Waals surface area (Å²) in [6, 6.07) is 1.99. The van der Waals surface area contributed by atoms with Crippen LogP contribution >= 0.6 is 11.3 Å². The highest BCUT2D eigenvalue weighted by molar-refractivity contribution is 7.09. The van der Waals surface area contributed by atoms with E-state index in [0.717, 1.165) is 15.6 Å². The summed E-state index contributed by atoms with van der Waals surface area (Å²) in [6.07, 6.45) is -3.51. The standard InChI is InChI=1S/C14H15F3N2O2S/c1-3-21-9(2)12-18-10(8-22-12)7-19-6-4-5-11(13(19)20)14(15,16)17/h4-6,8-9H,3,7H2,1-2H3. The van der Waals surface area contributed by atoms with Crippen molar-refractivity contribution >= 4 is 11.3 Å². The number of pyridine rings is 1. The summed E-state index contributed by atoms with van der Waals surface area (Å²) < 4.78 is 44.6. The van der Waals surface area contributed by atoms with Crippen molar-refractivity contribution in [1.82, 2.24) is 9.55 Å². The van der Waals surface area contributed by atoms with Crippen molar-refractivity contribution < 1.29 is 17.9 Å². The zero-order valence-electron chi connectivity index (χ0n) is 12.1. The van der Waals surface area contributed by atoms with Crippen molar-refractivity contribution in [1.29, 1.82) is 0 Å². The fourth-order valence-electron chi connectivity index (χ4n) is 1.95. The Bertz CT molecular complexity index is 694. The second kappa shape index (κ2) is 6.62. The molecule has 120 valence electrons. The number of rotatable bonds is 5. The van der Waals surface area contributed by atoms with E-state index in [1.165, 1.54) is 23.6 Å². The highest BCUT2D eigenvalue weighted by Gasteiger charge is 2.34. The molecule has 0 aliphatic carbocycles. The van der Waals surface area contributed by atoms with Gasteiger partial charge in [0.25, 0.3) is 5.56 Å². The molecule has 4 nitrogen and oxygen atoms in total. The van der Waals surface area contributed by atoms with Gasteiger partial charge < -0.3 is 9.30 Å². The van der Waals surface area contributed by atoms with Crippen LogP contribution in [0.3, 0.4) is 0 Å². The van der Waals surface area contributed by atoms with Gasteiger partial charge in [-0.1, -0.05) is 0 Å². The van der Waals surface area contributed by atoms with E-state index in [2.05, 4.69) is 4.98 Å². The predicted octanol–water partition coefficient (Wildman–Crippen LogP) is 3.47. The molecule has 0 saturated carbocycles. The second-order valence-corrected chi connectivity index (χ2v) is 5.52. The average Bonchev–Trinajstić information content (AvgIpc) is 2.89. The Labute approximate surface area is 129 Å². The average molecular weight is 332 g/mol. The van der Waals surface area contributed by atoms with Gasteiger partial charge in [0, 0.05) is 18.2 Å². The van der Waals surface area contributed by atoms with Crippen molar-refractivity contribution in [3.8, 4) is 0 Å². The van der Waals surface area contributed by atoms with Gasteiger partial charge in [-0.05, 0) is 26.0 Å². The molecular weight excluding hydrogens is 317 g/mol. The number of alkyl halides is 3. The third kappa shape index (κ3) is 3.75. The molecule has 0 aliphatic rings. The molecule has 2 aromatic heterocycles. The van der Waals surface area contributed by atoms with Crippen LogP contribution in [0.1, 0.15) is 36.2 Å². The van der Waals surface area contributed by atoms with E-state index in [1.54, 1.807) is 5.38 Å². The fourth-order valence-corrected chi connectivity index (χ4v) is 2.77. The van der Waals surface area contributed by atoms with E-state index in [0.29, 0.717) is 12.3 Å². The summed E-state index contributed by atoms with van der Waals surface area (Å²) in [4.78, 5) is 16.2. The lowest BCUT2D eigenvalue weighted by Crippen LogP contribution is -2.28. The topological polar surface area (TPSA) is 44.1 Å². The van der Waals surface area contributed by atoms with Gasteiger partial charge >= 0.3 is 6.18 Å². The Morgan fingerprint density at radius 3 is 2.82 bits per heavy atom. The molecule has 0 radical (unpaired) electrons. The van der Waals surface area contributed by atoms with E-state index in [-0.39, 0.29) is 12.6 Å². The van der Waals surface area contributed by atoms with Crippen LogP contribution in [-0.4, -0.2) is 16.2 Å². The highest BCUT2D eigenvalue weighted by atomic mass is 32.1. The van der Waals surface area contributed by atoms with Gasteiger partial charge in [0.15, 0.2) is 0 Å². The van der Waals surface area contributed by atoms with E-state index >= 15 is 0 Å². The summed E-state index contributed by atoms with van der Waals surface area (Å²) in [5.74, 6) is 0. The van der Waals surface area contributed by atoms with Gasteiger partial charge in [0.2, 0.25) is 0 Å². The van der Waals surface area contributed by atoms with Crippen LogP contribution in [0.5, 0.6) is 0 Å². The highest BCUT2D eigenvalue weighted by Crippen LogP contribution is 2.26. The van der Waals surface area contributed by atoms with Crippen LogP contribution < -0.4 is 5.56 Å². The van der Waals surface area contributed by atoms with Gasteiger partial charge in [0.05, 0.1) is 12.2 Å². The molecule has 0 saturated heterocycles. The zero-order chi connectivity index (χ0) is 16.3. The first-order valence-corrected chi connectivity index (χ1v) is 7.53. The molecule has 2 rings (SSSR count). The van der Waals surface area contributed by atoms with Crippen molar-refractivity contribution in [2.75, 3.05) is 6.61 Å². The lowest BCUT2D eigenvalue weighted by atomic mass is 10.2. The van der Waals surface area contributed by atoms with Crippen molar-refractivity contribution in [3.63, 3.8) is 0 Å². The van der Waals surface area contributed by atoms with E-state index < -0.39 is 17.3 Å². The molecule has 0 N–H and O–H groups in total. The number of halogens is 3. The van der Waals surface area contributed by atoms with Gasteiger partial charge in [-0.3, -0.25) is 4.79 Å². The molecule has 0 bridgehead atoms. The minimum atomic E-state index is -4.66. The number of hydrogen-bond donors (Lipinski definition) is 0. The molecule has 0 spiro atoms. The number of thiazole rings is 1. The molecule has 0 fully saturated rings. The van der Waals surface area contributed by atoms with Gasteiger partial charge in [-0.25, -0.2) is 4.98 Å². The summed E-state index contributed by atoms with van der Waals surface area (Å²) in [6.45, 7) is 4.26. The molecular formula is C14H15F3N2O2S. The molecule has 0 amide bonds.